The van der Waals surface area contributed by atoms with Crippen molar-refractivity contribution >= 4 is 11.6 Å². The van der Waals surface area contributed by atoms with Crippen LogP contribution in [0.5, 0.6) is 5.75 Å². The second-order valence-corrected chi connectivity index (χ2v) is 4.90. The van der Waals surface area contributed by atoms with Gasteiger partial charge in [-0.2, -0.15) is 0 Å². The first-order chi connectivity index (χ1) is 8.79. The molecule has 1 heterocycles. The predicted molar refractivity (Wildman–Crippen MR) is 73.3 cm³/mol. The van der Waals surface area contributed by atoms with Gasteiger partial charge in [0.2, 0.25) is 0 Å². The molecule has 0 N–H and O–H groups in total. The molecule has 100 valence electrons. The molecule has 18 heavy (non-hydrogen) atoms. The lowest BCUT2D eigenvalue weighted by Gasteiger charge is -2.26. The highest BCUT2D eigenvalue weighted by Gasteiger charge is 2.12. The lowest BCUT2D eigenvalue weighted by atomic mass is 10.2. The van der Waals surface area contributed by atoms with Gasteiger partial charge in [-0.3, -0.25) is 4.90 Å². The summed E-state index contributed by atoms with van der Waals surface area (Å²) in [7, 11) is 0. The Kier molecular flexibility index (Phi) is 5.29. The van der Waals surface area contributed by atoms with Crippen LogP contribution in [0, 0.1) is 0 Å². The molecule has 0 amide bonds. The minimum Gasteiger partial charge on any atom is -0.494 e. The van der Waals surface area contributed by atoms with Crippen molar-refractivity contribution < 1.29 is 9.47 Å². The summed E-state index contributed by atoms with van der Waals surface area (Å²) in [4.78, 5) is 2.36. The van der Waals surface area contributed by atoms with E-state index in [-0.39, 0.29) is 0 Å². The lowest BCUT2D eigenvalue weighted by molar-refractivity contribution is 0.0342. The van der Waals surface area contributed by atoms with Crippen molar-refractivity contribution in [3.63, 3.8) is 0 Å². The summed E-state index contributed by atoms with van der Waals surface area (Å²) in [6, 6.07) is 5.97. The molecule has 1 aliphatic rings. The molecule has 0 unspecified atom stereocenters. The summed E-state index contributed by atoms with van der Waals surface area (Å²) in [6.07, 6.45) is 1.01. The fourth-order valence-corrected chi connectivity index (χ4v) is 2.20. The van der Waals surface area contributed by atoms with Crippen LogP contribution in [-0.2, 0) is 11.3 Å². The standard InChI is InChI=1S/C14H20ClNO2/c1-2-7-18-13-4-3-12(14(15)10-13)11-16-5-8-17-9-6-16/h3-4,10H,2,5-9,11H2,1H3. The summed E-state index contributed by atoms with van der Waals surface area (Å²) in [5.74, 6) is 0.854. The highest BCUT2D eigenvalue weighted by atomic mass is 35.5. The third-order valence-electron chi connectivity index (χ3n) is 3.00. The van der Waals surface area contributed by atoms with Gasteiger partial charge in [-0.15, -0.1) is 0 Å². The number of nitrogens with zero attached hydrogens (tertiary/aromatic N) is 1. The van der Waals surface area contributed by atoms with Crippen molar-refractivity contribution in [3.05, 3.63) is 28.8 Å². The van der Waals surface area contributed by atoms with Gasteiger partial charge in [0.15, 0.2) is 0 Å². The molecular weight excluding hydrogens is 250 g/mol. The third-order valence-corrected chi connectivity index (χ3v) is 3.35. The van der Waals surface area contributed by atoms with Gasteiger partial charge in [-0.1, -0.05) is 24.6 Å². The Hall–Kier alpha value is -0.770. The number of halogens is 1. The quantitative estimate of drug-likeness (QED) is 0.820. The maximum atomic E-state index is 6.29. The molecule has 1 aromatic carbocycles. The molecule has 2 rings (SSSR count). The van der Waals surface area contributed by atoms with Crippen molar-refractivity contribution in [3.8, 4) is 5.75 Å². The first kappa shape index (κ1) is 13.7. The van der Waals surface area contributed by atoms with Crippen LogP contribution in [0.25, 0.3) is 0 Å². The largest absolute Gasteiger partial charge is 0.494 e. The van der Waals surface area contributed by atoms with E-state index in [1.165, 1.54) is 0 Å². The highest BCUT2D eigenvalue weighted by molar-refractivity contribution is 6.31. The topological polar surface area (TPSA) is 21.7 Å². The minimum atomic E-state index is 0.735. The van der Waals surface area contributed by atoms with Crippen molar-refractivity contribution in [2.45, 2.75) is 19.9 Å². The van der Waals surface area contributed by atoms with Crippen LogP contribution in [0.15, 0.2) is 18.2 Å². The van der Waals surface area contributed by atoms with E-state index < -0.39 is 0 Å². The molecule has 0 atom stereocenters. The molecule has 1 saturated heterocycles. The number of hydrogen-bond donors (Lipinski definition) is 0. The van der Waals surface area contributed by atoms with Crippen LogP contribution < -0.4 is 4.74 Å². The smallest absolute Gasteiger partial charge is 0.120 e. The molecule has 0 aromatic heterocycles. The molecular formula is C14H20ClNO2. The van der Waals surface area contributed by atoms with Crippen LogP contribution in [-0.4, -0.2) is 37.8 Å². The molecule has 4 heteroatoms. The number of benzene rings is 1. The molecule has 0 aliphatic carbocycles. The van der Waals surface area contributed by atoms with Crippen molar-refractivity contribution in [2.24, 2.45) is 0 Å². The minimum absolute atomic E-state index is 0.735. The first-order valence-electron chi connectivity index (χ1n) is 6.51. The van der Waals surface area contributed by atoms with Crippen LogP contribution in [0.3, 0.4) is 0 Å². The van der Waals surface area contributed by atoms with E-state index in [1.54, 1.807) is 0 Å². The molecule has 3 nitrogen and oxygen atoms in total. The molecule has 0 spiro atoms. The Bertz CT molecular complexity index is 378. The molecule has 0 bridgehead atoms. The Morgan fingerprint density at radius 2 is 2.11 bits per heavy atom. The van der Waals surface area contributed by atoms with Gasteiger partial charge in [0.1, 0.15) is 5.75 Å². The first-order valence-corrected chi connectivity index (χ1v) is 6.88. The van der Waals surface area contributed by atoms with Crippen molar-refractivity contribution in [2.75, 3.05) is 32.9 Å². The van der Waals surface area contributed by atoms with E-state index in [9.17, 15) is 0 Å². The number of rotatable bonds is 5. The SMILES string of the molecule is CCCOc1ccc(CN2CCOCC2)c(Cl)c1. The average Bonchev–Trinajstić information content (AvgIpc) is 2.40. The van der Waals surface area contributed by atoms with Gasteiger partial charge in [0.25, 0.3) is 0 Å². The zero-order valence-electron chi connectivity index (χ0n) is 10.8. The van der Waals surface area contributed by atoms with Crippen molar-refractivity contribution in [1.82, 2.24) is 4.90 Å². The van der Waals surface area contributed by atoms with E-state index in [0.29, 0.717) is 0 Å². The fraction of sp³-hybridized carbons (Fsp3) is 0.571. The van der Waals surface area contributed by atoms with Gasteiger partial charge in [0, 0.05) is 24.7 Å². The van der Waals surface area contributed by atoms with E-state index >= 15 is 0 Å². The van der Waals surface area contributed by atoms with Crippen LogP contribution >= 0.6 is 11.6 Å². The third kappa shape index (κ3) is 3.87. The van der Waals surface area contributed by atoms with E-state index in [2.05, 4.69) is 17.9 Å². The fourth-order valence-electron chi connectivity index (χ4n) is 1.97. The highest BCUT2D eigenvalue weighted by Crippen LogP contribution is 2.24. The molecule has 0 saturated carbocycles. The second kappa shape index (κ2) is 6.98. The van der Waals surface area contributed by atoms with Gasteiger partial charge < -0.3 is 9.47 Å². The summed E-state index contributed by atoms with van der Waals surface area (Å²) in [6.45, 7) is 7.29. The maximum absolute atomic E-state index is 6.29. The molecule has 1 aromatic rings. The van der Waals surface area contributed by atoms with Crippen LogP contribution in [0.4, 0.5) is 0 Å². The summed E-state index contributed by atoms with van der Waals surface area (Å²) >= 11 is 6.29. The Morgan fingerprint density at radius 1 is 1.33 bits per heavy atom. The van der Waals surface area contributed by atoms with Gasteiger partial charge in [-0.05, 0) is 24.1 Å². The average molecular weight is 270 g/mol. The van der Waals surface area contributed by atoms with Gasteiger partial charge in [0.05, 0.1) is 19.8 Å². The summed E-state index contributed by atoms with van der Waals surface area (Å²) in [5, 5.41) is 0.787. The number of hydrogen-bond acceptors (Lipinski definition) is 3. The van der Waals surface area contributed by atoms with E-state index in [4.69, 9.17) is 21.1 Å². The lowest BCUT2D eigenvalue weighted by Crippen LogP contribution is -2.35. The zero-order chi connectivity index (χ0) is 12.8. The zero-order valence-corrected chi connectivity index (χ0v) is 11.6. The number of morpholine rings is 1. The van der Waals surface area contributed by atoms with E-state index in [1.807, 2.05) is 12.1 Å². The second-order valence-electron chi connectivity index (χ2n) is 4.49. The Morgan fingerprint density at radius 3 is 2.78 bits per heavy atom. The van der Waals surface area contributed by atoms with Crippen LogP contribution in [0.1, 0.15) is 18.9 Å². The van der Waals surface area contributed by atoms with Gasteiger partial charge >= 0.3 is 0 Å². The number of ether oxygens (including phenoxy) is 2. The van der Waals surface area contributed by atoms with Gasteiger partial charge in [-0.25, -0.2) is 0 Å². The predicted octanol–water partition coefficient (Wildman–Crippen LogP) is 2.96. The normalized spacial score (nSPS) is 16.8. The Labute approximate surface area is 114 Å². The monoisotopic (exact) mass is 269 g/mol. The Balaban J connectivity index is 1.95. The molecule has 0 radical (unpaired) electrons. The summed E-state index contributed by atoms with van der Waals surface area (Å²) in [5.41, 5.74) is 1.16. The summed E-state index contributed by atoms with van der Waals surface area (Å²) < 4.78 is 10.9. The molecule has 1 fully saturated rings. The molecule has 1 aliphatic heterocycles. The van der Waals surface area contributed by atoms with E-state index in [0.717, 1.165) is 62.2 Å². The van der Waals surface area contributed by atoms with Crippen molar-refractivity contribution in [1.29, 1.82) is 0 Å². The maximum Gasteiger partial charge on any atom is 0.120 e. The van der Waals surface area contributed by atoms with Crippen LogP contribution in [0.2, 0.25) is 5.02 Å².